The summed E-state index contributed by atoms with van der Waals surface area (Å²) in [5, 5.41) is 11.6. The van der Waals surface area contributed by atoms with E-state index in [1.807, 2.05) is 0 Å². The van der Waals surface area contributed by atoms with E-state index in [0.717, 1.165) is 32.1 Å². The Morgan fingerprint density at radius 3 is 2.56 bits per heavy atom. The Labute approximate surface area is 107 Å². The van der Waals surface area contributed by atoms with Gasteiger partial charge in [-0.1, -0.05) is 31.9 Å². The normalized spacial score (nSPS) is 17.8. The van der Waals surface area contributed by atoms with Crippen molar-refractivity contribution < 1.29 is 19.4 Å². The van der Waals surface area contributed by atoms with Crippen LogP contribution in [0.1, 0.15) is 44.9 Å². The zero-order chi connectivity index (χ0) is 13.4. The molecule has 0 unspecified atom stereocenters. The molecule has 1 fully saturated rings. The minimum absolute atomic E-state index is 0.0712. The van der Waals surface area contributed by atoms with E-state index in [1.165, 1.54) is 6.08 Å². The van der Waals surface area contributed by atoms with E-state index in [-0.39, 0.29) is 13.0 Å². The Kier molecular flexibility index (Phi) is 5.68. The van der Waals surface area contributed by atoms with E-state index in [2.05, 4.69) is 11.9 Å². The molecule has 5 heteroatoms. The standard InChI is InChI=1S/C13H21NO4/c1-2-10-18-12(17)14-13(9-6-11(15)16)7-4-3-5-8-13/h2H,1,3-10H2,(H,14,17)(H,15,16). The van der Waals surface area contributed by atoms with Gasteiger partial charge in [0, 0.05) is 12.0 Å². The van der Waals surface area contributed by atoms with E-state index in [1.54, 1.807) is 0 Å². The number of alkyl carbamates (subject to hydrolysis) is 1. The van der Waals surface area contributed by atoms with Crippen LogP contribution in [0.15, 0.2) is 12.7 Å². The molecule has 1 rings (SSSR count). The molecule has 0 radical (unpaired) electrons. The third kappa shape index (κ3) is 4.77. The Bertz CT molecular complexity index is 308. The number of ether oxygens (including phenoxy) is 1. The largest absolute Gasteiger partial charge is 0.481 e. The van der Waals surface area contributed by atoms with Gasteiger partial charge in [0.25, 0.3) is 0 Å². The lowest BCUT2D eigenvalue weighted by atomic mass is 9.78. The Morgan fingerprint density at radius 2 is 2.00 bits per heavy atom. The average molecular weight is 255 g/mol. The number of amides is 1. The van der Waals surface area contributed by atoms with Crippen LogP contribution < -0.4 is 5.32 Å². The first-order valence-corrected chi connectivity index (χ1v) is 6.36. The van der Waals surface area contributed by atoms with Crippen LogP contribution in [0.2, 0.25) is 0 Å². The number of hydrogen-bond donors (Lipinski definition) is 2. The van der Waals surface area contributed by atoms with Crippen molar-refractivity contribution in [3.05, 3.63) is 12.7 Å². The van der Waals surface area contributed by atoms with Gasteiger partial charge in [-0.2, -0.15) is 0 Å². The molecule has 0 heterocycles. The first kappa shape index (κ1) is 14.5. The van der Waals surface area contributed by atoms with Crippen molar-refractivity contribution in [1.82, 2.24) is 5.32 Å². The zero-order valence-corrected chi connectivity index (χ0v) is 10.6. The molecule has 1 saturated carbocycles. The van der Waals surface area contributed by atoms with Gasteiger partial charge in [-0.15, -0.1) is 0 Å². The quantitative estimate of drug-likeness (QED) is 0.715. The molecule has 5 nitrogen and oxygen atoms in total. The molecule has 0 aromatic heterocycles. The van der Waals surface area contributed by atoms with Gasteiger partial charge in [-0.25, -0.2) is 4.79 Å². The summed E-state index contributed by atoms with van der Waals surface area (Å²) < 4.78 is 4.91. The first-order valence-electron chi connectivity index (χ1n) is 6.36. The van der Waals surface area contributed by atoms with E-state index in [4.69, 9.17) is 9.84 Å². The number of carboxylic acid groups (broad SMARTS) is 1. The zero-order valence-electron chi connectivity index (χ0n) is 10.6. The smallest absolute Gasteiger partial charge is 0.407 e. The predicted molar refractivity (Wildman–Crippen MR) is 67.4 cm³/mol. The van der Waals surface area contributed by atoms with Crippen molar-refractivity contribution in [2.45, 2.75) is 50.5 Å². The van der Waals surface area contributed by atoms with Crippen LogP contribution in [0.4, 0.5) is 4.79 Å². The molecular formula is C13H21NO4. The Hall–Kier alpha value is -1.52. The number of aliphatic carboxylic acids is 1. The molecule has 0 saturated heterocycles. The number of carbonyl (C=O) groups excluding carboxylic acids is 1. The second kappa shape index (κ2) is 7.03. The molecule has 102 valence electrons. The molecule has 0 aromatic carbocycles. The molecule has 0 bridgehead atoms. The molecule has 1 aliphatic carbocycles. The van der Waals surface area contributed by atoms with Gasteiger partial charge in [0.05, 0.1) is 0 Å². The van der Waals surface area contributed by atoms with Crippen molar-refractivity contribution in [1.29, 1.82) is 0 Å². The van der Waals surface area contributed by atoms with Crippen molar-refractivity contribution >= 4 is 12.1 Å². The maximum atomic E-state index is 11.6. The summed E-state index contributed by atoms with van der Waals surface area (Å²) in [5.74, 6) is -0.832. The van der Waals surface area contributed by atoms with Gasteiger partial charge >= 0.3 is 12.1 Å². The average Bonchev–Trinajstić information content (AvgIpc) is 2.35. The molecule has 0 aliphatic heterocycles. The maximum absolute atomic E-state index is 11.6. The second-order valence-electron chi connectivity index (χ2n) is 4.75. The number of carbonyl (C=O) groups is 2. The lowest BCUT2D eigenvalue weighted by molar-refractivity contribution is -0.137. The summed E-state index contributed by atoms with van der Waals surface area (Å²) in [5.41, 5.74) is -0.408. The third-order valence-corrected chi connectivity index (χ3v) is 3.33. The van der Waals surface area contributed by atoms with E-state index >= 15 is 0 Å². The minimum Gasteiger partial charge on any atom is -0.481 e. The van der Waals surface area contributed by atoms with Gasteiger partial charge in [0.2, 0.25) is 0 Å². The van der Waals surface area contributed by atoms with Crippen LogP contribution >= 0.6 is 0 Å². The molecule has 1 aliphatic rings. The molecule has 0 spiro atoms. The molecule has 2 N–H and O–H groups in total. The van der Waals surface area contributed by atoms with E-state index < -0.39 is 17.6 Å². The third-order valence-electron chi connectivity index (χ3n) is 3.33. The minimum atomic E-state index is -0.832. The van der Waals surface area contributed by atoms with Crippen LogP contribution in [0.25, 0.3) is 0 Å². The van der Waals surface area contributed by atoms with Gasteiger partial charge in [-0.3, -0.25) is 4.79 Å². The monoisotopic (exact) mass is 255 g/mol. The Balaban J connectivity index is 2.55. The summed E-state index contributed by atoms with van der Waals surface area (Å²) in [6.07, 6.45) is 6.37. The number of rotatable bonds is 6. The van der Waals surface area contributed by atoms with Crippen LogP contribution in [-0.2, 0) is 9.53 Å². The van der Waals surface area contributed by atoms with Gasteiger partial charge in [0.15, 0.2) is 0 Å². The second-order valence-corrected chi connectivity index (χ2v) is 4.75. The van der Waals surface area contributed by atoms with Gasteiger partial charge in [-0.05, 0) is 19.3 Å². The Morgan fingerprint density at radius 1 is 1.33 bits per heavy atom. The fraction of sp³-hybridized carbons (Fsp3) is 0.692. The highest BCUT2D eigenvalue weighted by Crippen LogP contribution is 2.32. The topological polar surface area (TPSA) is 75.6 Å². The highest BCUT2D eigenvalue weighted by atomic mass is 16.5. The van der Waals surface area contributed by atoms with Crippen molar-refractivity contribution in [3.8, 4) is 0 Å². The fourth-order valence-electron chi connectivity index (χ4n) is 2.40. The maximum Gasteiger partial charge on any atom is 0.407 e. The van der Waals surface area contributed by atoms with Crippen molar-refractivity contribution in [2.75, 3.05) is 6.61 Å². The summed E-state index contributed by atoms with van der Waals surface area (Å²) >= 11 is 0. The predicted octanol–water partition coefficient (Wildman–Crippen LogP) is 2.47. The fourth-order valence-corrected chi connectivity index (χ4v) is 2.40. The van der Waals surface area contributed by atoms with Crippen LogP contribution in [0.5, 0.6) is 0 Å². The summed E-state index contributed by atoms with van der Waals surface area (Å²) in [4.78, 5) is 22.3. The van der Waals surface area contributed by atoms with Crippen LogP contribution in [0.3, 0.4) is 0 Å². The van der Waals surface area contributed by atoms with Crippen molar-refractivity contribution in [3.63, 3.8) is 0 Å². The van der Waals surface area contributed by atoms with Crippen LogP contribution in [-0.4, -0.2) is 29.3 Å². The highest BCUT2D eigenvalue weighted by Gasteiger charge is 2.34. The molecule has 18 heavy (non-hydrogen) atoms. The summed E-state index contributed by atoms with van der Waals surface area (Å²) in [7, 11) is 0. The summed E-state index contributed by atoms with van der Waals surface area (Å²) in [6.45, 7) is 3.64. The SMILES string of the molecule is C=CCOC(=O)NC1(CCC(=O)O)CCCCC1. The highest BCUT2D eigenvalue weighted by molar-refractivity contribution is 5.69. The van der Waals surface area contributed by atoms with Crippen LogP contribution in [0, 0.1) is 0 Å². The molecule has 1 amide bonds. The molecular weight excluding hydrogens is 234 g/mol. The van der Waals surface area contributed by atoms with E-state index in [9.17, 15) is 9.59 Å². The molecule has 0 atom stereocenters. The lowest BCUT2D eigenvalue weighted by Gasteiger charge is -2.37. The summed E-state index contributed by atoms with van der Waals surface area (Å²) in [6, 6.07) is 0. The van der Waals surface area contributed by atoms with Gasteiger partial charge < -0.3 is 15.2 Å². The van der Waals surface area contributed by atoms with E-state index in [0.29, 0.717) is 6.42 Å². The number of nitrogens with one attached hydrogen (secondary N) is 1. The lowest BCUT2D eigenvalue weighted by Crippen LogP contribution is -2.50. The number of carboxylic acids is 1. The van der Waals surface area contributed by atoms with Crippen molar-refractivity contribution in [2.24, 2.45) is 0 Å². The van der Waals surface area contributed by atoms with Gasteiger partial charge in [0.1, 0.15) is 6.61 Å². The first-order chi connectivity index (χ1) is 8.58. The molecule has 0 aromatic rings. The number of hydrogen-bond acceptors (Lipinski definition) is 3.